The van der Waals surface area contributed by atoms with Crippen LogP contribution in [0.2, 0.25) is 29.9 Å². The second-order valence-corrected chi connectivity index (χ2v) is 10.2. The van der Waals surface area contributed by atoms with Crippen molar-refractivity contribution in [2.45, 2.75) is 25.8 Å². The average Bonchev–Trinajstić information content (AvgIpc) is 1.97. The van der Waals surface area contributed by atoms with Crippen molar-refractivity contribution >= 4 is 36.5 Å². The SMILES string of the molecule is C[Si](C)(C)c1c(C(F)(F)F)cc(Cl)nc1Cl. The van der Waals surface area contributed by atoms with E-state index in [-0.39, 0.29) is 15.5 Å². The minimum Gasteiger partial charge on any atom is -0.225 e. The molecule has 0 aliphatic carbocycles. The summed E-state index contributed by atoms with van der Waals surface area (Å²) in [5.74, 6) is 0. The van der Waals surface area contributed by atoms with Crippen LogP contribution in [0.5, 0.6) is 0 Å². The summed E-state index contributed by atoms with van der Waals surface area (Å²) in [7, 11) is -2.23. The van der Waals surface area contributed by atoms with Crippen LogP contribution in [-0.2, 0) is 6.18 Å². The largest absolute Gasteiger partial charge is 0.416 e. The molecule has 16 heavy (non-hydrogen) atoms. The van der Waals surface area contributed by atoms with Crippen molar-refractivity contribution in [1.29, 1.82) is 0 Å². The van der Waals surface area contributed by atoms with Crippen LogP contribution in [0.25, 0.3) is 0 Å². The number of hydrogen-bond acceptors (Lipinski definition) is 1. The van der Waals surface area contributed by atoms with Gasteiger partial charge >= 0.3 is 6.18 Å². The van der Waals surface area contributed by atoms with Gasteiger partial charge in [-0.15, -0.1) is 0 Å². The molecule has 0 aliphatic rings. The summed E-state index contributed by atoms with van der Waals surface area (Å²) in [5.41, 5.74) is -0.767. The summed E-state index contributed by atoms with van der Waals surface area (Å²) in [4.78, 5) is 3.68. The van der Waals surface area contributed by atoms with Crippen molar-refractivity contribution < 1.29 is 13.2 Å². The minimum atomic E-state index is -4.45. The summed E-state index contributed by atoms with van der Waals surface area (Å²) in [6, 6.07) is 0.834. The van der Waals surface area contributed by atoms with Crippen molar-refractivity contribution in [2.75, 3.05) is 0 Å². The van der Waals surface area contributed by atoms with Crippen molar-refractivity contribution in [3.8, 4) is 0 Å². The zero-order chi connectivity index (χ0) is 12.7. The molecule has 7 heteroatoms. The van der Waals surface area contributed by atoms with Crippen LogP contribution >= 0.6 is 23.2 Å². The Hall–Kier alpha value is -0.263. The average molecular weight is 288 g/mol. The molecule has 1 rings (SSSR count). The van der Waals surface area contributed by atoms with Crippen LogP contribution in [0.3, 0.4) is 0 Å². The zero-order valence-corrected chi connectivity index (χ0v) is 11.4. The maximum atomic E-state index is 12.8. The molecule has 0 aromatic carbocycles. The Morgan fingerprint density at radius 1 is 1.19 bits per heavy atom. The van der Waals surface area contributed by atoms with Gasteiger partial charge in [0.25, 0.3) is 0 Å². The van der Waals surface area contributed by atoms with Crippen LogP contribution in [-0.4, -0.2) is 13.1 Å². The van der Waals surface area contributed by atoms with Crippen molar-refractivity contribution in [3.63, 3.8) is 0 Å². The second kappa shape index (κ2) is 4.20. The van der Waals surface area contributed by atoms with E-state index in [0.29, 0.717) is 0 Å². The highest BCUT2D eigenvalue weighted by Crippen LogP contribution is 2.32. The Balaban J connectivity index is 3.58. The Bertz CT molecular complexity index is 412. The fourth-order valence-corrected chi connectivity index (χ4v) is 4.40. The molecule has 1 heterocycles. The molecule has 1 nitrogen and oxygen atoms in total. The first-order valence-electron chi connectivity index (χ1n) is 4.47. The molecule has 0 amide bonds. The maximum Gasteiger partial charge on any atom is 0.416 e. The molecular formula is C9H10Cl2F3NSi. The number of alkyl halides is 3. The van der Waals surface area contributed by atoms with E-state index in [1.165, 1.54) is 0 Å². The molecule has 0 bridgehead atoms. The lowest BCUT2D eigenvalue weighted by Gasteiger charge is -2.23. The number of rotatable bonds is 1. The molecule has 1 aromatic heterocycles. The fourth-order valence-electron chi connectivity index (χ4n) is 1.42. The monoisotopic (exact) mass is 287 g/mol. The summed E-state index contributed by atoms with van der Waals surface area (Å²) >= 11 is 11.3. The maximum absolute atomic E-state index is 12.8. The quantitative estimate of drug-likeness (QED) is 0.563. The van der Waals surface area contributed by atoms with Gasteiger partial charge in [-0.3, -0.25) is 0 Å². The molecule has 1 aromatic rings. The molecule has 90 valence electrons. The summed E-state index contributed by atoms with van der Waals surface area (Å²) in [6.07, 6.45) is -4.45. The van der Waals surface area contributed by atoms with Gasteiger partial charge in [-0.1, -0.05) is 42.8 Å². The molecule has 0 spiro atoms. The van der Waals surface area contributed by atoms with Gasteiger partial charge in [-0.25, -0.2) is 4.98 Å². The van der Waals surface area contributed by atoms with Gasteiger partial charge in [0, 0.05) is 0 Å². The Morgan fingerprint density at radius 3 is 2.06 bits per heavy atom. The third kappa shape index (κ3) is 2.90. The standard InChI is InChI=1S/C9H10Cl2F3NSi/c1-16(2,3)7-5(9(12,13)14)4-6(10)15-8(7)11/h4H,1-3H3. The van der Waals surface area contributed by atoms with E-state index in [1.807, 2.05) is 0 Å². The Labute approximate surface area is 103 Å². The highest BCUT2D eigenvalue weighted by atomic mass is 35.5. The van der Waals surface area contributed by atoms with Gasteiger partial charge in [0.1, 0.15) is 10.3 Å². The first kappa shape index (κ1) is 13.8. The van der Waals surface area contributed by atoms with Gasteiger partial charge in [0.05, 0.1) is 13.6 Å². The summed E-state index contributed by atoms with van der Waals surface area (Å²) in [6.45, 7) is 5.33. The first-order chi connectivity index (χ1) is 7.03. The van der Waals surface area contributed by atoms with Crippen molar-refractivity contribution in [3.05, 3.63) is 21.9 Å². The van der Waals surface area contributed by atoms with Crippen LogP contribution in [0.1, 0.15) is 5.56 Å². The number of halogens is 5. The number of hydrogen-bond donors (Lipinski definition) is 0. The van der Waals surface area contributed by atoms with E-state index >= 15 is 0 Å². The minimum absolute atomic E-state index is 0.103. The predicted molar refractivity (Wildman–Crippen MR) is 62.2 cm³/mol. The van der Waals surface area contributed by atoms with Gasteiger partial charge in [0.15, 0.2) is 0 Å². The molecule has 0 saturated heterocycles. The molecule has 0 saturated carbocycles. The van der Waals surface area contributed by atoms with E-state index < -0.39 is 19.8 Å². The highest BCUT2D eigenvalue weighted by molar-refractivity contribution is 6.90. The molecule has 0 atom stereocenters. The first-order valence-corrected chi connectivity index (χ1v) is 8.73. The molecular weight excluding hydrogens is 278 g/mol. The van der Waals surface area contributed by atoms with Gasteiger partial charge in [-0.2, -0.15) is 13.2 Å². The highest BCUT2D eigenvalue weighted by Gasteiger charge is 2.39. The molecule has 0 aliphatic heterocycles. The third-order valence-corrected chi connectivity index (χ3v) is 4.63. The van der Waals surface area contributed by atoms with E-state index in [0.717, 1.165) is 6.07 Å². The lowest BCUT2D eigenvalue weighted by Crippen LogP contribution is -2.43. The van der Waals surface area contributed by atoms with E-state index in [2.05, 4.69) is 4.98 Å². The van der Waals surface area contributed by atoms with Crippen molar-refractivity contribution in [1.82, 2.24) is 4.98 Å². The number of pyridine rings is 1. The summed E-state index contributed by atoms with van der Waals surface area (Å²) < 4.78 is 38.4. The van der Waals surface area contributed by atoms with Crippen molar-refractivity contribution in [2.24, 2.45) is 0 Å². The van der Waals surface area contributed by atoms with Crippen LogP contribution in [0.4, 0.5) is 13.2 Å². The van der Waals surface area contributed by atoms with E-state index in [4.69, 9.17) is 23.2 Å². The lowest BCUT2D eigenvalue weighted by atomic mass is 10.2. The molecule has 0 fully saturated rings. The van der Waals surface area contributed by atoms with Gasteiger partial charge < -0.3 is 0 Å². The normalized spacial score (nSPS) is 13.0. The Morgan fingerprint density at radius 2 is 1.69 bits per heavy atom. The van der Waals surface area contributed by atoms with Gasteiger partial charge in [0.2, 0.25) is 0 Å². The smallest absolute Gasteiger partial charge is 0.225 e. The topological polar surface area (TPSA) is 12.9 Å². The molecule has 0 unspecified atom stereocenters. The van der Waals surface area contributed by atoms with Crippen LogP contribution in [0, 0.1) is 0 Å². The summed E-state index contributed by atoms with van der Waals surface area (Å²) in [5, 5.41) is -0.274. The number of aromatic nitrogens is 1. The second-order valence-electron chi connectivity index (χ2n) is 4.41. The predicted octanol–water partition coefficient (Wildman–Crippen LogP) is 3.95. The van der Waals surface area contributed by atoms with E-state index in [1.54, 1.807) is 19.6 Å². The fraction of sp³-hybridized carbons (Fsp3) is 0.444. The molecule has 0 radical (unpaired) electrons. The van der Waals surface area contributed by atoms with Crippen LogP contribution in [0.15, 0.2) is 6.07 Å². The third-order valence-electron chi connectivity index (χ3n) is 2.00. The van der Waals surface area contributed by atoms with Crippen LogP contribution < -0.4 is 5.19 Å². The Kier molecular flexibility index (Phi) is 3.62. The zero-order valence-electron chi connectivity index (χ0n) is 8.91. The lowest BCUT2D eigenvalue weighted by molar-refractivity contribution is -0.136. The van der Waals surface area contributed by atoms with E-state index in [9.17, 15) is 13.2 Å². The number of nitrogens with zero attached hydrogens (tertiary/aromatic N) is 1. The molecule has 0 N–H and O–H groups in total. The van der Waals surface area contributed by atoms with Gasteiger partial charge in [-0.05, 0) is 11.3 Å².